The Morgan fingerprint density at radius 1 is 1.24 bits per heavy atom. The number of nitrogens with two attached hydrogens (primary N) is 1. The number of hydrogen-bond acceptors (Lipinski definition) is 4. The first-order valence-electron chi connectivity index (χ1n) is 6.72. The van der Waals surface area contributed by atoms with Gasteiger partial charge >= 0.3 is 0 Å². The predicted octanol–water partition coefficient (Wildman–Crippen LogP) is 3.48. The van der Waals surface area contributed by atoms with Gasteiger partial charge in [0.25, 0.3) is 0 Å². The second kappa shape index (κ2) is 7.99. The molecule has 21 heavy (non-hydrogen) atoms. The quantitative estimate of drug-likeness (QED) is 0.905. The van der Waals surface area contributed by atoms with E-state index in [-0.39, 0.29) is 24.8 Å². The molecule has 0 radical (unpaired) electrons. The van der Waals surface area contributed by atoms with Gasteiger partial charge in [0, 0.05) is 30.9 Å². The van der Waals surface area contributed by atoms with Crippen LogP contribution >= 0.6 is 36.2 Å². The fourth-order valence-corrected chi connectivity index (χ4v) is 3.52. The van der Waals surface area contributed by atoms with E-state index in [1.54, 1.807) is 11.3 Å². The molecule has 6 heteroatoms. The van der Waals surface area contributed by atoms with Crippen molar-refractivity contribution in [2.45, 2.75) is 26.3 Å². The zero-order valence-corrected chi connectivity index (χ0v) is 14.5. The maximum absolute atomic E-state index is 5.78. The molecule has 1 aromatic heterocycles. The molecule has 0 atom stereocenters. The summed E-state index contributed by atoms with van der Waals surface area (Å²) >= 11 is 1.65. The van der Waals surface area contributed by atoms with E-state index < -0.39 is 0 Å². The van der Waals surface area contributed by atoms with Crippen LogP contribution in [0.4, 0.5) is 5.13 Å². The summed E-state index contributed by atoms with van der Waals surface area (Å²) in [7, 11) is 0. The molecule has 0 fully saturated rings. The molecule has 0 unspecified atom stereocenters. The van der Waals surface area contributed by atoms with E-state index in [4.69, 9.17) is 5.73 Å². The van der Waals surface area contributed by atoms with Crippen LogP contribution in [0, 0.1) is 6.92 Å². The monoisotopic (exact) mass is 345 g/mol. The maximum atomic E-state index is 5.78. The molecule has 3 nitrogen and oxygen atoms in total. The highest BCUT2D eigenvalue weighted by Gasteiger charge is 2.17. The fourth-order valence-electron chi connectivity index (χ4n) is 2.66. The third-order valence-corrected chi connectivity index (χ3v) is 4.59. The number of benzene rings is 1. The number of halogens is 2. The van der Waals surface area contributed by atoms with Crippen molar-refractivity contribution in [3.05, 3.63) is 46.0 Å². The van der Waals surface area contributed by atoms with E-state index in [9.17, 15) is 0 Å². The van der Waals surface area contributed by atoms with Crippen LogP contribution in [-0.2, 0) is 19.4 Å². The Kier molecular flexibility index (Phi) is 6.94. The molecule has 1 aliphatic heterocycles. The van der Waals surface area contributed by atoms with Gasteiger partial charge < -0.3 is 5.73 Å². The lowest BCUT2D eigenvalue weighted by Gasteiger charge is -2.19. The van der Waals surface area contributed by atoms with Crippen LogP contribution in [0.15, 0.2) is 24.3 Å². The minimum atomic E-state index is 0. The Balaban J connectivity index is 0.00000110. The Hall–Kier alpha value is -0.810. The van der Waals surface area contributed by atoms with Crippen molar-refractivity contribution in [2.24, 2.45) is 0 Å². The number of fused-ring (bicyclic) bond motifs is 1. The smallest absolute Gasteiger partial charge is 0.180 e. The maximum Gasteiger partial charge on any atom is 0.180 e. The van der Waals surface area contributed by atoms with Crippen molar-refractivity contribution in [1.29, 1.82) is 0 Å². The molecule has 2 heterocycles. The zero-order valence-electron chi connectivity index (χ0n) is 12.0. The normalized spacial score (nSPS) is 14.5. The molecule has 0 bridgehead atoms. The number of aryl methyl sites for hydroxylation is 1. The molecule has 0 saturated heterocycles. The summed E-state index contributed by atoms with van der Waals surface area (Å²) in [5, 5.41) is 0.720. The lowest BCUT2D eigenvalue weighted by molar-refractivity contribution is 0.279. The van der Waals surface area contributed by atoms with Gasteiger partial charge in [0.15, 0.2) is 5.13 Å². The summed E-state index contributed by atoms with van der Waals surface area (Å²) < 4.78 is 0. The summed E-state index contributed by atoms with van der Waals surface area (Å²) in [6.45, 7) is 5.36. The van der Waals surface area contributed by atoms with E-state index in [1.165, 1.54) is 21.7 Å². The first-order valence-corrected chi connectivity index (χ1v) is 7.54. The number of nitrogens with zero attached hydrogens (tertiary/aromatic N) is 2. The van der Waals surface area contributed by atoms with Gasteiger partial charge in [-0.05, 0) is 18.9 Å². The Morgan fingerprint density at radius 2 is 2.00 bits per heavy atom. The fraction of sp³-hybridized carbons (Fsp3) is 0.400. The summed E-state index contributed by atoms with van der Waals surface area (Å²) in [5.41, 5.74) is 9.73. The molecule has 3 rings (SSSR count). The molecule has 0 amide bonds. The van der Waals surface area contributed by atoms with Crippen molar-refractivity contribution in [3.8, 4) is 0 Å². The lowest BCUT2D eigenvalue weighted by atomic mass is 10.1. The summed E-state index contributed by atoms with van der Waals surface area (Å²) in [5.74, 6) is 0. The Bertz CT molecular complexity index is 561. The molecular formula is C15H21Cl2N3S. The van der Waals surface area contributed by atoms with Crippen LogP contribution in [-0.4, -0.2) is 23.0 Å². The van der Waals surface area contributed by atoms with Crippen molar-refractivity contribution in [2.75, 3.05) is 18.8 Å². The van der Waals surface area contributed by atoms with Crippen LogP contribution in [0.2, 0.25) is 0 Å². The first kappa shape index (κ1) is 18.2. The largest absolute Gasteiger partial charge is 0.375 e. The summed E-state index contributed by atoms with van der Waals surface area (Å²) in [4.78, 5) is 8.33. The molecule has 116 valence electrons. The van der Waals surface area contributed by atoms with Crippen molar-refractivity contribution < 1.29 is 0 Å². The Morgan fingerprint density at radius 3 is 2.76 bits per heavy atom. The minimum Gasteiger partial charge on any atom is -0.375 e. The topological polar surface area (TPSA) is 42.2 Å². The first-order chi connectivity index (χ1) is 9.20. The molecule has 2 aromatic rings. The summed E-state index contributed by atoms with van der Waals surface area (Å²) in [6, 6.07) is 8.78. The molecule has 1 aliphatic rings. The van der Waals surface area contributed by atoms with Gasteiger partial charge in [0.05, 0.1) is 5.69 Å². The van der Waals surface area contributed by atoms with E-state index >= 15 is 0 Å². The summed E-state index contributed by atoms with van der Waals surface area (Å²) in [6.07, 6.45) is 2.10. The van der Waals surface area contributed by atoms with Crippen LogP contribution in [0.25, 0.3) is 0 Å². The number of hydrogen-bond donors (Lipinski definition) is 1. The average Bonchev–Trinajstić information content (AvgIpc) is 2.64. The molecule has 1 aromatic carbocycles. The highest BCUT2D eigenvalue weighted by molar-refractivity contribution is 7.15. The molecule has 2 N–H and O–H groups in total. The van der Waals surface area contributed by atoms with Gasteiger partial charge in [0.1, 0.15) is 0 Å². The third kappa shape index (κ3) is 4.58. The Labute approximate surface area is 142 Å². The van der Waals surface area contributed by atoms with Crippen LogP contribution in [0.3, 0.4) is 0 Å². The van der Waals surface area contributed by atoms with Gasteiger partial charge in [-0.25, -0.2) is 4.98 Å². The van der Waals surface area contributed by atoms with E-state index in [0.29, 0.717) is 0 Å². The van der Waals surface area contributed by atoms with Gasteiger partial charge in [-0.1, -0.05) is 29.8 Å². The number of rotatable bonds is 2. The van der Waals surface area contributed by atoms with E-state index in [1.807, 2.05) is 0 Å². The van der Waals surface area contributed by atoms with Crippen molar-refractivity contribution >= 4 is 41.3 Å². The SMILES string of the molecule is Cc1cccc(CN2CCc3nc(N)sc3CC2)c1.Cl.Cl. The minimum absolute atomic E-state index is 0. The lowest BCUT2D eigenvalue weighted by Crippen LogP contribution is -2.26. The van der Waals surface area contributed by atoms with Crippen LogP contribution in [0.5, 0.6) is 0 Å². The zero-order chi connectivity index (χ0) is 13.2. The molecule has 0 aliphatic carbocycles. The second-order valence-electron chi connectivity index (χ2n) is 5.19. The molecular weight excluding hydrogens is 325 g/mol. The van der Waals surface area contributed by atoms with Crippen LogP contribution in [0.1, 0.15) is 21.7 Å². The second-order valence-corrected chi connectivity index (χ2v) is 6.30. The number of thiazole rings is 1. The highest BCUT2D eigenvalue weighted by Crippen LogP contribution is 2.24. The predicted molar refractivity (Wildman–Crippen MR) is 94.9 cm³/mol. The van der Waals surface area contributed by atoms with Crippen molar-refractivity contribution in [1.82, 2.24) is 9.88 Å². The van der Waals surface area contributed by atoms with Crippen molar-refractivity contribution in [3.63, 3.8) is 0 Å². The van der Waals surface area contributed by atoms with E-state index in [2.05, 4.69) is 41.1 Å². The molecule has 0 saturated carbocycles. The average molecular weight is 346 g/mol. The third-order valence-electron chi connectivity index (χ3n) is 3.60. The van der Waals surface area contributed by atoms with E-state index in [0.717, 1.165) is 37.6 Å². The number of anilines is 1. The number of nitrogen functional groups attached to an aromatic ring is 1. The standard InChI is InChI=1S/C15H19N3S.2ClH/c1-11-3-2-4-12(9-11)10-18-7-5-13-14(6-8-18)19-15(16)17-13;;/h2-4,9H,5-8,10H2,1H3,(H2,16,17);2*1H. The van der Waals surface area contributed by atoms with Gasteiger partial charge in [0.2, 0.25) is 0 Å². The number of aromatic nitrogens is 1. The molecule has 0 spiro atoms. The highest BCUT2D eigenvalue weighted by atomic mass is 35.5. The van der Waals surface area contributed by atoms with Gasteiger partial charge in [-0.2, -0.15) is 0 Å². The van der Waals surface area contributed by atoms with Crippen LogP contribution < -0.4 is 5.73 Å². The van der Waals surface area contributed by atoms with Gasteiger partial charge in [-0.3, -0.25) is 4.90 Å². The van der Waals surface area contributed by atoms with Gasteiger partial charge in [-0.15, -0.1) is 36.2 Å².